The molecular weight excluding hydrogens is 326 g/mol. The number of halogens is 1. The van der Waals surface area contributed by atoms with Gasteiger partial charge in [0.15, 0.2) is 0 Å². The van der Waals surface area contributed by atoms with Gasteiger partial charge in [-0.3, -0.25) is 9.59 Å². The Labute approximate surface area is 145 Å². The van der Waals surface area contributed by atoms with E-state index in [2.05, 4.69) is 5.32 Å². The maximum absolute atomic E-state index is 12.2. The zero-order valence-corrected chi connectivity index (χ0v) is 14.1. The molecule has 6 heteroatoms. The normalized spacial score (nSPS) is 9.92. The summed E-state index contributed by atoms with van der Waals surface area (Å²) in [4.78, 5) is 25.6. The molecule has 0 spiro atoms. The van der Waals surface area contributed by atoms with Gasteiger partial charge in [0.05, 0.1) is 11.6 Å². The molecule has 2 amide bonds. The van der Waals surface area contributed by atoms with Crippen LogP contribution < -0.4 is 10.2 Å². The molecule has 0 saturated carbocycles. The van der Waals surface area contributed by atoms with Gasteiger partial charge in [-0.25, -0.2) is 0 Å². The second-order valence-corrected chi connectivity index (χ2v) is 5.71. The highest BCUT2D eigenvalue weighted by atomic mass is 35.5. The molecule has 0 saturated heterocycles. The summed E-state index contributed by atoms with van der Waals surface area (Å²) in [5, 5.41) is 12.0. The first-order valence-electron chi connectivity index (χ1n) is 7.25. The third-order valence-electron chi connectivity index (χ3n) is 3.44. The smallest absolute Gasteiger partial charge is 0.244 e. The number of rotatable bonds is 4. The molecule has 122 valence electrons. The number of aryl methyl sites for hydroxylation is 1. The van der Waals surface area contributed by atoms with Crippen LogP contribution in [-0.2, 0) is 9.59 Å². The minimum Gasteiger partial charge on any atom is -0.325 e. The standard InChI is InChI=1S/C18H16ClN3O2/c1-12-3-6-15(19)9-17(12)22(13(2)23)11-18(24)21-16-7-4-14(10-20)5-8-16/h3-9H,11H2,1-2H3,(H,21,24). The molecule has 0 aliphatic carbocycles. The molecule has 24 heavy (non-hydrogen) atoms. The number of nitriles is 1. The average Bonchev–Trinajstić information content (AvgIpc) is 2.55. The molecular formula is C18H16ClN3O2. The van der Waals surface area contributed by atoms with E-state index in [0.29, 0.717) is 22.0 Å². The van der Waals surface area contributed by atoms with Gasteiger partial charge >= 0.3 is 0 Å². The van der Waals surface area contributed by atoms with Gasteiger partial charge in [0.25, 0.3) is 0 Å². The summed E-state index contributed by atoms with van der Waals surface area (Å²) in [6.45, 7) is 3.12. The number of benzene rings is 2. The van der Waals surface area contributed by atoms with E-state index in [1.165, 1.54) is 11.8 Å². The predicted molar refractivity (Wildman–Crippen MR) is 94.0 cm³/mol. The molecule has 2 rings (SSSR count). The van der Waals surface area contributed by atoms with Crippen molar-refractivity contribution in [1.29, 1.82) is 5.26 Å². The van der Waals surface area contributed by atoms with E-state index in [4.69, 9.17) is 16.9 Å². The first-order chi connectivity index (χ1) is 11.4. The van der Waals surface area contributed by atoms with Crippen LogP contribution in [0.4, 0.5) is 11.4 Å². The fourth-order valence-corrected chi connectivity index (χ4v) is 2.38. The molecule has 0 aliphatic rings. The summed E-state index contributed by atoms with van der Waals surface area (Å²) in [6.07, 6.45) is 0. The largest absolute Gasteiger partial charge is 0.325 e. The Morgan fingerprint density at radius 1 is 1.21 bits per heavy atom. The molecule has 2 aromatic carbocycles. The molecule has 2 aromatic rings. The second-order valence-electron chi connectivity index (χ2n) is 5.27. The predicted octanol–water partition coefficient (Wildman–Crippen LogP) is 3.51. The number of hydrogen-bond donors (Lipinski definition) is 1. The topological polar surface area (TPSA) is 73.2 Å². The van der Waals surface area contributed by atoms with Crippen LogP contribution in [0.15, 0.2) is 42.5 Å². The van der Waals surface area contributed by atoms with E-state index in [0.717, 1.165) is 5.56 Å². The lowest BCUT2D eigenvalue weighted by molar-refractivity contribution is -0.120. The number of carbonyl (C=O) groups excluding carboxylic acids is 2. The maximum atomic E-state index is 12.2. The summed E-state index contributed by atoms with van der Waals surface area (Å²) in [6, 6.07) is 13.7. The van der Waals surface area contributed by atoms with Crippen LogP contribution in [0.3, 0.4) is 0 Å². The lowest BCUT2D eigenvalue weighted by Crippen LogP contribution is -2.37. The van der Waals surface area contributed by atoms with Crippen LogP contribution in [0.25, 0.3) is 0 Å². The average molecular weight is 342 g/mol. The Morgan fingerprint density at radius 2 is 1.88 bits per heavy atom. The van der Waals surface area contributed by atoms with Gasteiger partial charge < -0.3 is 10.2 Å². The molecule has 1 N–H and O–H groups in total. The van der Waals surface area contributed by atoms with Crippen molar-refractivity contribution in [2.45, 2.75) is 13.8 Å². The molecule has 0 radical (unpaired) electrons. The van der Waals surface area contributed by atoms with E-state index >= 15 is 0 Å². The zero-order valence-electron chi connectivity index (χ0n) is 13.3. The summed E-state index contributed by atoms with van der Waals surface area (Å²) in [7, 11) is 0. The van der Waals surface area contributed by atoms with Gasteiger partial charge in [0.1, 0.15) is 6.54 Å². The highest BCUT2D eigenvalue weighted by Gasteiger charge is 2.18. The Balaban J connectivity index is 2.15. The molecule has 0 aliphatic heterocycles. The van der Waals surface area contributed by atoms with Gasteiger partial charge in [-0.05, 0) is 48.9 Å². The summed E-state index contributed by atoms with van der Waals surface area (Å²) >= 11 is 6.00. The van der Waals surface area contributed by atoms with E-state index in [-0.39, 0.29) is 18.4 Å². The number of hydrogen-bond acceptors (Lipinski definition) is 3. The van der Waals surface area contributed by atoms with Crippen molar-refractivity contribution < 1.29 is 9.59 Å². The van der Waals surface area contributed by atoms with Crippen molar-refractivity contribution in [2.24, 2.45) is 0 Å². The number of carbonyl (C=O) groups is 2. The Bertz CT molecular complexity index is 810. The van der Waals surface area contributed by atoms with Crippen LogP contribution in [0, 0.1) is 18.3 Å². The van der Waals surface area contributed by atoms with Crippen molar-refractivity contribution in [1.82, 2.24) is 0 Å². The third-order valence-corrected chi connectivity index (χ3v) is 3.68. The third kappa shape index (κ3) is 4.34. The molecule has 0 atom stereocenters. The van der Waals surface area contributed by atoms with Crippen molar-refractivity contribution in [3.8, 4) is 6.07 Å². The van der Waals surface area contributed by atoms with Gasteiger partial charge in [-0.2, -0.15) is 5.26 Å². The minimum atomic E-state index is -0.339. The number of nitrogens with one attached hydrogen (secondary N) is 1. The fraction of sp³-hybridized carbons (Fsp3) is 0.167. The van der Waals surface area contributed by atoms with Crippen LogP contribution >= 0.6 is 11.6 Å². The van der Waals surface area contributed by atoms with E-state index in [9.17, 15) is 9.59 Å². The molecule has 0 aromatic heterocycles. The zero-order chi connectivity index (χ0) is 17.7. The van der Waals surface area contributed by atoms with Gasteiger partial charge in [0.2, 0.25) is 11.8 Å². The van der Waals surface area contributed by atoms with Crippen molar-refractivity contribution in [3.05, 3.63) is 58.6 Å². The van der Waals surface area contributed by atoms with Gasteiger partial charge in [0, 0.05) is 23.3 Å². The molecule has 0 bridgehead atoms. The Hall–Kier alpha value is -2.84. The van der Waals surface area contributed by atoms with Crippen LogP contribution in [0.5, 0.6) is 0 Å². The first-order valence-corrected chi connectivity index (χ1v) is 7.63. The summed E-state index contributed by atoms with van der Waals surface area (Å²) in [5.74, 6) is -0.593. The maximum Gasteiger partial charge on any atom is 0.244 e. The molecule has 0 heterocycles. The Kier molecular flexibility index (Phi) is 5.56. The SMILES string of the molecule is CC(=O)N(CC(=O)Nc1ccc(C#N)cc1)c1cc(Cl)ccc1C. The number of anilines is 2. The molecule has 5 nitrogen and oxygen atoms in total. The Morgan fingerprint density at radius 3 is 2.46 bits per heavy atom. The number of nitrogens with zero attached hydrogens (tertiary/aromatic N) is 2. The van der Waals surface area contributed by atoms with E-state index < -0.39 is 0 Å². The van der Waals surface area contributed by atoms with E-state index in [1.54, 1.807) is 42.5 Å². The minimum absolute atomic E-state index is 0.128. The fourth-order valence-electron chi connectivity index (χ4n) is 2.21. The van der Waals surface area contributed by atoms with Crippen LogP contribution in [0.1, 0.15) is 18.1 Å². The van der Waals surface area contributed by atoms with Crippen molar-refractivity contribution in [3.63, 3.8) is 0 Å². The quantitative estimate of drug-likeness (QED) is 0.924. The highest BCUT2D eigenvalue weighted by Crippen LogP contribution is 2.24. The molecule has 0 unspecified atom stereocenters. The van der Waals surface area contributed by atoms with Crippen LogP contribution in [0.2, 0.25) is 5.02 Å². The number of amides is 2. The van der Waals surface area contributed by atoms with Crippen molar-refractivity contribution in [2.75, 3.05) is 16.8 Å². The van der Waals surface area contributed by atoms with Crippen LogP contribution in [-0.4, -0.2) is 18.4 Å². The lowest BCUT2D eigenvalue weighted by atomic mass is 10.1. The molecule has 0 fully saturated rings. The van der Waals surface area contributed by atoms with E-state index in [1.807, 2.05) is 13.0 Å². The second kappa shape index (κ2) is 7.62. The van der Waals surface area contributed by atoms with Gasteiger partial charge in [-0.15, -0.1) is 0 Å². The highest BCUT2D eigenvalue weighted by molar-refractivity contribution is 6.31. The van der Waals surface area contributed by atoms with Crippen molar-refractivity contribution >= 4 is 34.8 Å². The first kappa shape index (κ1) is 17.5. The summed E-state index contributed by atoms with van der Waals surface area (Å²) < 4.78 is 0. The summed E-state index contributed by atoms with van der Waals surface area (Å²) in [5.41, 5.74) is 2.52. The monoisotopic (exact) mass is 341 g/mol. The van der Waals surface area contributed by atoms with Gasteiger partial charge in [-0.1, -0.05) is 17.7 Å². The lowest BCUT2D eigenvalue weighted by Gasteiger charge is -2.23.